The van der Waals surface area contributed by atoms with Crippen LogP contribution in [0.15, 0.2) is 34.1 Å². The SMILES string of the molecule is Cc1cc(C(=O)OCc2ccc(Br)s2)ccc1N. The van der Waals surface area contributed by atoms with Gasteiger partial charge in [0, 0.05) is 10.6 Å². The molecule has 1 aromatic heterocycles. The summed E-state index contributed by atoms with van der Waals surface area (Å²) in [6.07, 6.45) is 0. The third-order valence-electron chi connectivity index (χ3n) is 2.48. The van der Waals surface area contributed by atoms with Crippen LogP contribution in [-0.4, -0.2) is 5.97 Å². The maximum atomic E-state index is 11.8. The monoisotopic (exact) mass is 325 g/mol. The van der Waals surface area contributed by atoms with Gasteiger partial charge >= 0.3 is 5.97 Å². The molecule has 0 spiro atoms. The number of thiophene rings is 1. The molecule has 1 aromatic carbocycles. The zero-order valence-corrected chi connectivity index (χ0v) is 12.2. The van der Waals surface area contributed by atoms with E-state index in [4.69, 9.17) is 10.5 Å². The van der Waals surface area contributed by atoms with Gasteiger partial charge in [0.05, 0.1) is 9.35 Å². The normalized spacial score (nSPS) is 10.3. The van der Waals surface area contributed by atoms with Crippen molar-refractivity contribution in [3.8, 4) is 0 Å². The summed E-state index contributed by atoms with van der Waals surface area (Å²) in [5.74, 6) is -0.331. The predicted octanol–water partition coefficient (Wildman–Crippen LogP) is 3.76. The molecule has 0 saturated carbocycles. The van der Waals surface area contributed by atoms with Crippen LogP contribution in [0.4, 0.5) is 5.69 Å². The first-order chi connectivity index (χ1) is 8.56. The highest BCUT2D eigenvalue weighted by Gasteiger charge is 2.09. The Morgan fingerprint density at radius 3 is 2.78 bits per heavy atom. The molecule has 0 atom stereocenters. The Kier molecular flexibility index (Phi) is 4.04. The van der Waals surface area contributed by atoms with Gasteiger partial charge in [-0.2, -0.15) is 0 Å². The lowest BCUT2D eigenvalue weighted by molar-refractivity contribution is 0.0477. The van der Waals surface area contributed by atoms with E-state index in [1.807, 2.05) is 19.1 Å². The van der Waals surface area contributed by atoms with Crippen molar-refractivity contribution in [3.63, 3.8) is 0 Å². The molecule has 3 nitrogen and oxygen atoms in total. The fourth-order valence-electron chi connectivity index (χ4n) is 1.45. The molecular formula is C13H12BrNO2S. The van der Waals surface area contributed by atoms with Gasteiger partial charge in [0.2, 0.25) is 0 Å². The molecule has 1 heterocycles. The first-order valence-electron chi connectivity index (χ1n) is 5.34. The number of ether oxygens (including phenoxy) is 1. The highest BCUT2D eigenvalue weighted by atomic mass is 79.9. The first kappa shape index (κ1) is 13.1. The molecule has 2 rings (SSSR count). The average molecular weight is 326 g/mol. The minimum atomic E-state index is -0.331. The van der Waals surface area contributed by atoms with E-state index in [2.05, 4.69) is 15.9 Å². The number of hydrogen-bond acceptors (Lipinski definition) is 4. The zero-order chi connectivity index (χ0) is 13.1. The summed E-state index contributed by atoms with van der Waals surface area (Å²) in [6, 6.07) is 8.99. The molecule has 94 valence electrons. The molecule has 0 fully saturated rings. The number of nitrogens with two attached hydrogens (primary N) is 1. The summed E-state index contributed by atoms with van der Waals surface area (Å²) in [5, 5.41) is 0. The predicted molar refractivity (Wildman–Crippen MR) is 76.7 cm³/mol. The van der Waals surface area contributed by atoms with E-state index in [1.54, 1.807) is 29.5 Å². The van der Waals surface area contributed by atoms with Crippen LogP contribution < -0.4 is 5.73 Å². The lowest BCUT2D eigenvalue weighted by atomic mass is 10.1. The van der Waals surface area contributed by atoms with Crippen molar-refractivity contribution < 1.29 is 9.53 Å². The van der Waals surface area contributed by atoms with Crippen molar-refractivity contribution in [2.75, 3.05) is 5.73 Å². The number of aryl methyl sites for hydroxylation is 1. The summed E-state index contributed by atoms with van der Waals surface area (Å²) in [6.45, 7) is 2.15. The topological polar surface area (TPSA) is 52.3 Å². The number of rotatable bonds is 3. The van der Waals surface area contributed by atoms with E-state index in [0.29, 0.717) is 17.9 Å². The van der Waals surface area contributed by atoms with Crippen LogP contribution >= 0.6 is 27.3 Å². The minimum absolute atomic E-state index is 0.290. The quantitative estimate of drug-likeness (QED) is 0.690. The summed E-state index contributed by atoms with van der Waals surface area (Å²) in [5.41, 5.74) is 7.78. The van der Waals surface area contributed by atoms with E-state index in [0.717, 1.165) is 14.2 Å². The van der Waals surface area contributed by atoms with Gasteiger partial charge in [0.1, 0.15) is 6.61 Å². The highest BCUT2D eigenvalue weighted by molar-refractivity contribution is 9.11. The molecule has 0 saturated heterocycles. The van der Waals surface area contributed by atoms with Crippen LogP contribution in [0.1, 0.15) is 20.8 Å². The summed E-state index contributed by atoms with van der Waals surface area (Å²) < 4.78 is 6.26. The molecule has 0 radical (unpaired) electrons. The average Bonchev–Trinajstić information content (AvgIpc) is 2.75. The van der Waals surface area contributed by atoms with Gasteiger partial charge < -0.3 is 10.5 Å². The molecule has 0 aliphatic carbocycles. The Hall–Kier alpha value is -1.33. The molecular weight excluding hydrogens is 314 g/mol. The fraction of sp³-hybridized carbons (Fsp3) is 0.154. The standard InChI is InChI=1S/C13H12BrNO2S/c1-8-6-9(2-4-11(8)15)13(16)17-7-10-3-5-12(14)18-10/h2-6H,7,15H2,1H3. The largest absolute Gasteiger partial charge is 0.456 e. The van der Waals surface area contributed by atoms with Gasteiger partial charge in [0.15, 0.2) is 0 Å². The van der Waals surface area contributed by atoms with Gasteiger partial charge in [-0.3, -0.25) is 0 Å². The Labute approximate surface area is 118 Å². The number of anilines is 1. The Bertz CT molecular complexity index is 580. The Balaban J connectivity index is 2.01. The van der Waals surface area contributed by atoms with Crippen molar-refractivity contribution in [3.05, 3.63) is 50.1 Å². The van der Waals surface area contributed by atoms with E-state index in [-0.39, 0.29) is 5.97 Å². The molecule has 2 aromatic rings. The van der Waals surface area contributed by atoms with Crippen molar-refractivity contribution in [1.29, 1.82) is 0 Å². The smallest absolute Gasteiger partial charge is 0.338 e. The van der Waals surface area contributed by atoms with Crippen LogP contribution in [0, 0.1) is 6.92 Å². The van der Waals surface area contributed by atoms with E-state index in [9.17, 15) is 4.79 Å². The Morgan fingerprint density at radius 2 is 2.17 bits per heavy atom. The summed E-state index contributed by atoms with van der Waals surface area (Å²) in [4.78, 5) is 12.8. The number of carbonyl (C=O) groups is 1. The number of carbonyl (C=O) groups excluding carboxylic acids is 1. The van der Waals surface area contributed by atoms with Crippen molar-refractivity contribution in [1.82, 2.24) is 0 Å². The molecule has 0 unspecified atom stereocenters. The van der Waals surface area contributed by atoms with Crippen LogP contribution in [-0.2, 0) is 11.3 Å². The third kappa shape index (κ3) is 3.11. The molecule has 2 N–H and O–H groups in total. The van der Waals surface area contributed by atoms with Crippen molar-refractivity contribution in [2.45, 2.75) is 13.5 Å². The second-order valence-electron chi connectivity index (χ2n) is 3.85. The number of hydrogen-bond donors (Lipinski definition) is 1. The van der Waals surface area contributed by atoms with Crippen LogP contribution in [0.2, 0.25) is 0 Å². The molecule has 0 bridgehead atoms. The number of esters is 1. The van der Waals surface area contributed by atoms with Crippen molar-refractivity contribution >= 4 is 38.9 Å². The maximum absolute atomic E-state index is 11.8. The minimum Gasteiger partial charge on any atom is -0.456 e. The van der Waals surface area contributed by atoms with Gasteiger partial charge in [-0.1, -0.05) is 0 Å². The molecule has 18 heavy (non-hydrogen) atoms. The molecule has 0 aliphatic rings. The van der Waals surface area contributed by atoms with Gasteiger partial charge in [0.25, 0.3) is 0 Å². The highest BCUT2D eigenvalue weighted by Crippen LogP contribution is 2.23. The van der Waals surface area contributed by atoms with E-state index in [1.165, 1.54) is 0 Å². The Morgan fingerprint density at radius 1 is 1.39 bits per heavy atom. The van der Waals surface area contributed by atoms with Gasteiger partial charge in [-0.15, -0.1) is 11.3 Å². The summed E-state index contributed by atoms with van der Waals surface area (Å²) in [7, 11) is 0. The molecule has 0 amide bonds. The van der Waals surface area contributed by atoms with Crippen molar-refractivity contribution in [2.24, 2.45) is 0 Å². The lowest BCUT2D eigenvalue weighted by Gasteiger charge is -2.05. The third-order valence-corrected chi connectivity index (χ3v) is 4.08. The van der Waals surface area contributed by atoms with E-state index < -0.39 is 0 Å². The van der Waals surface area contributed by atoms with Crippen LogP contribution in [0.5, 0.6) is 0 Å². The zero-order valence-electron chi connectivity index (χ0n) is 9.77. The number of halogens is 1. The number of benzene rings is 1. The number of nitrogen functional groups attached to an aromatic ring is 1. The van der Waals surface area contributed by atoms with Crippen LogP contribution in [0.3, 0.4) is 0 Å². The van der Waals surface area contributed by atoms with E-state index >= 15 is 0 Å². The second-order valence-corrected chi connectivity index (χ2v) is 6.40. The molecule has 0 aliphatic heterocycles. The van der Waals surface area contributed by atoms with Crippen LogP contribution in [0.25, 0.3) is 0 Å². The fourth-order valence-corrected chi connectivity index (χ4v) is 2.85. The lowest BCUT2D eigenvalue weighted by Crippen LogP contribution is -2.05. The van der Waals surface area contributed by atoms with Gasteiger partial charge in [-0.25, -0.2) is 4.79 Å². The van der Waals surface area contributed by atoms with Gasteiger partial charge in [-0.05, 0) is 58.7 Å². The molecule has 5 heteroatoms. The summed E-state index contributed by atoms with van der Waals surface area (Å²) >= 11 is 4.92. The second kappa shape index (κ2) is 5.54. The first-order valence-corrected chi connectivity index (χ1v) is 6.94. The maximum Gasteiger partial charge on any atom is 0.338 e.